The maximum atomic E-state index is 12.0. The summed E-state index contributed by atoms with van der Waals surface area (Å²) in [5.74, 6) is 0.122. The van der Waals surface area contributed by atoms with Gasteiger partial charge in [0.1, 0.15) is 31.3 Å². The summed E-state index contributed by atoms with van der Waals surface area (Å²) in [5, 5.41) is 13.1. The van der Waals surface area contributed by atoms with Crippen molar-refractivity contribution in [1.82, 2.24) is 5.32 Å². The Bertz CT molecular complexity index is 837. The van der Waals surface area contributed by atoms with Crippen LogP contribution in [0, 0.1) is 10.1 Å². The quantitative estimate of drug-likeness (QED) is 0.266. The number of carbonyl (C=O) groups is 2. The monoisotopic (exact) mass is 402 g/mol. The Kier molecular flexibility index (Phi) is 8.43. The van der Waals surface area contributed by atoms with Crippen molar-refractivity contribution in [3.05, 3.63) is 64.2 Å². The number of amides is 1. The third kappa shape index (κ3) is 7.49. The first kappa shape index (κ1) is 21.7. The molecule has 0 aliphatic carbocycles. The Labute approximate surface area is 167 Å². The molecular weight excluding hydrogens is 380 g/mol. The number of ether oxygens (including phenoxy) is 3. The van der Waals surface area contributed by atoms with E-state index >= 15 is 0 Å². The van der Waals surface area contributed by atoms with Crippen LogP contribution in [0.4, 0.5) is 5.69 Å². The molecule has 0 aromatic heterocycles. The summed E-state index contributed by atoms with van der Waals surface area (Å²) in [6.07, 6.45) is 0.926. The van der Waals surface area contributed by atoms with Crippen molar-refractivity contribution >= 4 is 17.6 Å². The summed E-state index contributed by atoms with van der Waals surface area (Å²) in [6, 6.07) is 12.3. The average Bonchev–Trinajstić information content (AvgIpc) is 2.74. The number of esters is 1. The van der Waals surface area contributed by atoms with Crippen molar-refractivity contribution in [2.75, 3.05) is 26.4 Å². The molecule has 0 heterocycles. The molecule has 9 heteroatoms. The molecule has 0 saturated heterocycles. The average molecular weight is 402 g/mol. The van der Waals surface area contributed by atoms with Crippen LogP contribution in [0.1, 0.15) is 23.7 Å². The Morgan fingerprint density at radius 3 is 2.28 bits per heavy atom. The van der Waals surface area contributed by atoms with Gasteiger partial charge < -0.3 is 19.5 Å². The highest BCUT2D eigenvalue weighted by atomic mass is 16.6. The van der Waals surface area contributed by atoms with Crippen LogP contribution >= 0.6 is 0 Å². The van der Waals surface area contributed by atoms with E-state index < -0.39 is 16.8 Å². The zero-order chi connectivity index (χ0) is 21.1. The standard InChI is InChI=1S/C20H22N2O7/c1-2-10-27-17-6-8-18(9-7-17)28-11-12-29-19(23)14-21-20(24)15-4-3-5-16(13-15)22(25)26/h3-9,13H,2,10-12,14H2,1H3,(H,21,24). The van der Waals surface area contributed by atoms with Gasteiger partial charge in [-0.1, -0.05) is 13.0 Å². The lowest BCUT2D eigenvalue weighted by atomic mass is 10.2. The normalized spacial score (nSPS) is 10.1. The highest BCUT2D eigenvalue weighted by Gasteiger charge is 2.13. The fourth-order valence-electron chi connectivity index (χ4n) is 2.23. The van der Waals surface area contributed by atoms with Gasteiger partial charge in [-0.3, -0.25) is 19.7 Å². The van der Waals surface area contributed by atoms with E-state index in [0.717, 1.165) is 18.2 Å². The van der Waals surface area contributed by atoms with E-state index in [0.29, 0.717) is 12.4 Å². The van der Waals surface area contributed by atoms with Crippen molar-refractivity contribution < 1.29 is 28.7 Å². The van der Waals surface area contributed by atoms with Crippen molar-refractivity contribution in [2.45, 2.75) is 13.3 Å². The Morgan fingerprint density at radius 1 is 1.00 bits per heavy atom. The summed E-state index contributed by atoms with van der Waals surface area (Å²) >= 11 is 0. The van der Waals surface area contributed by atoms with Gasteiger partial charge in [-0.25, -0.2) is 0 Å². The van der Waals surface area contributed by atoms with Crippen molar-refractivity contribution in [1.29, 1.82) is 0 Å². The molecule has 0 saturated carbocycles. The van der Waals surface area contributed by atoms with Gasteiger partial charge >= 0.3 is 5.97 Å². The van der Waals surface area contributed by atoms with Gasteiger partial charge in [0.05, 0.1) is 11.5 Å². The molecule has 0 spiro atoms. The van der Waals surface area contributed by atoms with E-state index in [-0.39, 0.29) is 31.0 Å². The minimum atomic E-state index is -0.643. The second-order valence-corrected chi connectivity index (χ2v) is 5.88. The minimum absolute atomic E-state index is 0.0135. The summed E-state index contributed by atoms with van der Waals surface area (Å²) in [7, 11) is 0. The van der Waals surface area contributed by atoms with E-state index in [1.807, 2.05) is 6.92 Å². The molecule has 0 bridgehead atoms. The third-order valence-electron chi connectivity index (χ3n) is 3.62. The molecule has 0 fully saturated rings. The Morgan fingerprint density at radius 2 is 1.66 bits per heavy atom. The van der Waals surface area contributed by atoms with Crippen LogP contribution in [0.25, 0.3) is 0 Å². The molecule has 2 rings (SSSR count). The first-order chi connectivity index (χ1) is 14.0. The van der Waals surface area contributed by atoms with Gasteiger partial charge in [0.15, 0.2) is 0 Å². The summed E-state index contributed by atoms with van der Waals surface area (Å²) in [5.41, 5.74) is -0.121. The lowest BCUT2D eigenvalue weighted by Crippen LogP contribution is -2.31. The predicted octanol–water partition coefficient (Wildman–Crippen LogP) is 2.74. The highest BCUT2D eigenvalue weighted by molar-refractivity contribution is 5.96. The fourth-order valence-corrected chi connectivity index (χ4v) is 2.23. The number of rotatable bonds is 11. The smallest absolute Gasteiger partial charge is 0.325 e. The molecule has 0 unspecified atom stereocenters. The molecule has 2 aromatic carbocycles. The number of nitrogens with zero attached hydrogens (tertiary/aromatic N) is 1. The molecule has 2 aromatic rings. The fraction of sp³-hybridized carbons (Fsp3) is 0.300. The number of hydrogen-bond donors (Lipinski definition) is 1. The van der Waals surface area contributed by atoms with Crippen LogP contribution in [0.15, 0.2) is 48.5 Å². The van der Waals surface area contributed by atoms with E-state index in [4.69, 9.17) is 14.2 Å². The summed E-state index contributed by atoms with van der Waals surface area (Å²) in [6.45, 7) is 2.48. The molecule has 1 N–H and O–H groups in total. The van der Waals surface area contributed by atoms with Crippen LogP contribution in [-0.4, -0.2) is 43.2 Å². The van der Waals surface area contributed by atoms with Gasteiger partial charge in [0.25, 0.3) is 11.6 Å². The van der Waals surface area contributed by atoms with Crippen LogP contribution in [0.2, 0.25) is 0 Å². The summed E-state index contributed by atoms with van der Waals surface area (Å²) in [4.78, 5) is 33.8. The van der Waals surface area contributed by atoms with Gasteiger partial charge in [0.2, 0.25) is 0 Å². The highest BCUT2D eigenvalue weighted by Crippen LogP contribution is 2.17. The van der Waals surface area contributed by atoms with Gasteiger partial charge in [0, 0.05) is 17.7 Å². The molecule has 9 nitrogen and oxygen atoms in total. The second-order valence-electron chi connectivity index (χ2n) is 5.88. The van der Waals surface area contributed by atoms with Gasteiger partial charge in [-0.2, -0.15) is 0 Å². The van der Waals surface area contributed by atoms with E-state index in [2.05, 4.69) is 5.32 Å². The molecule has 0 aliphatic heterocycles. The lowest BCUT2D eigenvalue weighted by molar-refractivity contribution is -0.384. The van der Waals surface area contributed by atoms with Gasteiger partial charge in [-0.05, 0) is 36.8 Å². The largest absolute Gasteiger partial charge is 0.494 e. The molecule has 0 radical (unpaired) electrons. The second kappa shape index (κ2) is 11.3. The minimum Gasteiger partial charge on any atom is -0.494 e. The molecular formula is C20H22N2O7. The van der Waals surface area contributed by atoms with Crippen LogP contribution < -0.4 is 14.8 Å². The molecule has 0 aliphatic rings. The number of carbonyl (C=O) groups excluding carboxylic acids is 2. The number of nitrogens with one attached hydrogen (secondary N) is 1. The van der Waals surface area contributed by atoms with Crippen molar-refractivity contribution in [3.63, 3.8) is 0 Å². The Balaban J connectivity index is 1.66. The molecule has 29 heavy (non-hydrogen) atoms. The van der Waals surface area contributed by atoms with E-state index in [1.165, 1.54) is 18.2 Å². The maximum absolute atomic E-state index is 12.0. The van der Waals surface area contributed by atoms with Crippen molar-refractivity contribution in [3.8, 4) is 11.5 Å². The number of non-ortho nitro benzene ring substituents is 1. The molecule has 0 atom stereocenters. The molecule has 154 valence electrons. The van der Waals surface area contributed by atoms with E-state index in [9.17, 15) is 19.7 Å². The van der Waals surface area contributed by atoms with Crippen LogP contribution in [0.5, 0.6) is 11.5 Å². The zero-order valence-corrected chi connectivity index (χ0v) is 16.0. The van der Waals surface area contributed by atoms with E-state index in [1.54, 1.807) is 24.3 Å². The topological polar surface area (TPSA) is 117 Å². The predicted molar refractivity (Wildman–Crippen MR) is 104 cm³/mol. The van der Waals surface area contributed by atoms with Crippen LogP contribution in [-0.2, 0) is 9.53 Å². The van der Waals surface area contributed by atoms with Crippen molar-refractivity contribution in [2.24, 2.45) is 0 Å². The third-order valence-corrected chi connectivity index (χ3v) is 3.62. The summed E-state index contributed by atoms with van der Waals surface area (Å²) < 4.78 is 15.9. The maximum Gasteiger partial charge on any atom is 0.325 e. The number of nitro groups is 1. The number of nitro benzene ring substituents is 1. The lowest BCUT2D eigenvalue weighted by Gasteiger charge is -2.09. The number of hydrogen-bond acceptors (Lipinski definition) is 7. The van der Waals surface area contributed by atoms with Crippen LogP contribution in [0.3, 0.4) is 0 Å². The molecule has 1 amide bonds. The zero-order valence-electron chi connectivity index (χ0n) is 16.0. The van der Waals surface area contributed by atoms with Gasteiger partial charge in [-0.15, -0.1) is 0 Å². The Hall–Kier alpha value is -3.62. The first-order valence-corrected chi connectivity index (χ1v) is 9.03. The SMILES string of the molecule is CCCOc1ccc(OCCOC(=O)CNC(=O)c2cccc([N+](=O)[O-])c2)cc1. The number of benzene rings is 2. The first-order valence-electron chi connectivity index (χ1n) is 9.03.